The molecule has 1 heterocycles. The summed E-state index contributed by atoms with van der Waals surface area (Å²) in [5, 5.41) is 23.8. The molecular weight excluding hydrogens is 300 g/mol. The Hall–Kier alpha value is -1.99. The van der Waals surface area contributed by atoms with Crippen LogP contribution >= 0.6 is 11.3 Å². The van der Waals surface area contributed by atoms with E-state index in [1.807, 2.05) is 44.2 Å². The van der Waals surface area contributed by atoms with E-state index in [1.54, 1.807) is 0 Å². The smallest absolute Gasteiger partial charge is 0.321 e. The van der Waals surface area contributed by atoms with Crippen molar-refractivity contribution in [2.45, 2.75) is 26.3 Å². The van der Waals surface area contributed by atoms with Crippen molar-refractivity contribution < 1.29 is 9.90 Å². The molecule has 0 fully saturated rings. The first kappa shape index (κ1) is 16.4. The lowest BCUT2D eigenvalue weighted by Gasteiger charge is -2.21. The molecule has 1 atom stereocenters. The fourth-order valence-electron chi connectivity index (χ4n) is 1.98. The van der Waals surface area contributed by atoms with E-state index < -0.39 is 0 Å². The number of carbonyl (C=O) groups excluding carboxylic acids is 1. The topological polar surface area (TPSA) is 87.1 Å². The Kier molecular flexibility index (Phi) is 5.85. The van der Waals surface area contributed by atoms with Gasteiger partial charge in [-0.15, -0.1) is 10.2 Å². The van der Waals surface area contributed by atoms with Gasteiger partial charge in [0.2, 0.25) is 5.13 Å². The van der Waals surface area contributed by atoms with Gasteiger partial charge in [0.1, 0.15) is 5.01 Å². The van der Waals surface area contributed by atoms with Crippen molar-refractivity contribution >= 4 is 22.5 Å². The molecule has 0 aliphatic heterocycles. The van der Waals surface area contributed by atoms with E-state index in [2.05, 4.69) is 20.8 Å². The number of urea groups is 1. The van der Waals surface area contributed by atoms with Crippen molar-refractivity contribution in [1.82, 2.24) is 15.5 Å². The predicted octanol–water partition coefficient (Wildman–Crippen LogP) is 2.73. The Labute approximate surface area is 133 Å². The zero-order valence-corrected chi connectivity index (χ0v) is 13.4. The van der Waals surface area contributed by atoms with E-state index in [9.17, 15) is 4.79 Å². The van der Waals surface area contributed by atoms with Gasteiger partial charge in [0.05, 0.1) is 0 Å². The minimum atomic E-state index is -0.331. The lowest BCUT2D eigenvalue weighted by molar-refractivity contribution is 0.227. The van der Waals surface area contributed by atoms with Gasteiger partial charge < -0.3 is 10.4 Å². The van der Waals surface area contributed by atoms with E-state index in [1.165, 1.54) is 11.3 Å². The first-order valence-electron chi connectivity index (χ1n) is 7.17. The molecule has 2 aromatic rings. The summed E-state index contributed by atoms with van der Waals surface area (Å²) >= 11 is 1.32. The van der Waals surface area contributed by atoms with Crippen LogP contribution in [0.25, 0.3) is 10.6 Å². The number of hydrogen-bond acceptors (Lipinski definition) is 5. The lowest BCUT2D eigenvalue weighted by Crippen LogP contribution is -2.41. The van der Waals surface area contributed by atoms with Crippen molar-refractivity contribution in [1.29, 1.82) is 0 Å². The van der Waals surface area contributed by atoms with E-state index in [4.69, 9.17) is 5.11 Å². The van der Waals surface area contributed by atoms with Crippen LogP contribution < -0.4 is 10.6 Å². The number of nitrogens with one attached hydrogen (secondary N) is 2. The molecule has 1 aromatic heterocycles. The van der Waals surface area contributed by atoms with Gasteiger partial charge in [-0.2, -0.15) is 0 Å². The van der Waals surface area contributed by atoms with Crippen LogP contribution in [-0.4, -0.2) is 34.0 Å². The maximum Gasteiger partial charge on any atom is 0.321 e. The highest BCUT2D eigenvalue weighted by Crippen LogP contribution is 2.25. The molecule has 0 aliphatic carbocycles. The fraction of sp³-hybridized carbons (Fsp3) is 0.400. The molecule has 0 aliphatic rings. The summed E-state index contributed by atoms with van der Waals surface area (Å²) < 4.78 is 0. The summed E-state index contributed by atoms with van der Waals surface area (Å²) in [4.78, 5) is 12.0. The highest BCUT2D eigenvalue weighted by atomic mass is 32.1. The fourth-order valence-corrected chi connectivity index (χ4v) is 2.73. The largest absolute Gasteiger partial charge is 0.396 e. The van der Waals surface area contributed by atoms with Crippen LogP contribution in [0.5, 0.6) is 0 Å². The molecule has 0 saturated carbocycles. The standard InChI is InChI=1S/C15H20N4O2S/c1-10(2)12(8-9-20)16-14(21)17-15-19-18-13(22-15)11-6-4-3-5-7-11/h3-7,10,12,20H,8-9H2,1-2H3,(H2,16,17,19,21). The second-order valence-corrected chi connectivity index (χ2v) is 6.22. The average Bonchev–Trinajstić information content (AvgIpc) is 2.96. The number of aliphatic hydroxyl groups is 1. The van der Waals surface area contributed by atoms with E-state index in [-0.39, 0.29) is 24.6 Å². The first-order chi connectivity index (χ1) is 10.6. The Morgan fingerprint density at radius 3 is 2.64 bits per heavy atom. The van der Waals surface area contributed by atoms with Crippen molar-refractivity contribution in [2.75, 3.05) is 11.9 Å². The van der Waals surface area contributed by atoms with Gasteiger partial charge >= 0.3 is 6.03 Å². The quantitative estimate of drug-likeness (QED) is 0.764. The molecule has 6 nitrogen and oxygen atoms in total. The lowest BCUT2D eigenvalue weighted by atomic mass is 10.0. The Bertz CT molecular complexity index is 601. The average molecular weight is 320 g/mol. The summed E-state index contributed by atoms with van der Waals surface area (Å²) in [5.41, 5.74) is 0.966. The van der Waals surface area contributed by atoms with Crippen LogP contribution in [0.15, 0.2) is 30.3 Å². The number of aliphatic hydroxyl groups excluding tert-OH is 1. The Morgan fingerprint density at radius 1 is 1.27 bits per heavy atom. The summed E-state index contributed by atoms with van der Waals surface area (Å²) in [6.45, 7) is 4.04. The highest BCUT2D eigenvalue weighted by molar-refractivity contribution is 7.18. The number of nitrogens with zero attached hydrogens (tertiary/aromatic N) is 2. The molecule has 3 N–H and O–H groups in total. The zero-order valence-electron chi connectivity index (χ0n) is 12.6. The number of amides is 2. The molecule has 1 unspecified atom stereocenters. The molecule has 2 rings (SSSR count). The summed E-state index contributed by atoms with van der Waals surface area (Å²) in [6.07, 6.45) is 0.524. The normalized spacial score (nSPS) is 12.2. The molecule has 0 saturated heterocycles. The molecule has 2 amide bonds. The Morgan fingerprint density at radius 2 is 2.00 bits per heavy atom. The number of rotatable bonds is 6. The van der Waals surface area contributed by atoms with Crippen molar-refractivity contribution in [3.05, 3.63) is 30.3 Å². The van der Waals surface area contributed by atoms with Gasteiger partial charge in [0.15, 0.2) is 0 Å². The third-order valence-electron chi connectivity index (χ3n) is 3.23. The predicted molar refractivity (Wildman–Crippen MR) is 87.8 cm³/mol. The van der Waals surface area contributed by atoms with E-state index in [0.717, 1.165) is 10.6 Å². The minimum Gasteiger partial charge on any atom is -0.396 e. The van der Waals surface area contributed by atoms with E-state index in [0.29, 0.717) is 11.6 Å². The number of anilines is 1. The maximum absolute atomic E-state index is 12.0. The highest BCUT2D eigenvalue weighted by Gasteiger charge is 2.16. The molecule has 0 bridgehead atoms. The third kappa shape index (κ3) is 4.51. The minimum absolute atomic E-state index is 0.0418. The third-order valence-corrected chi connectivity index (χ3v) is 4.12. The van der Waals surface area contributed by atoms with Crippen LogP contribution in [-0.2, 0) is 0 Å². The molecule has 22 heavy (non-hydrogen) atoms. The monoisotopic (exact) mass is 320 g/mol. The number of hydrogen-bond donors (Lipinski definition) is 3. The van der Waals surface area contributed by atoms with Gasteiger partial charge in [0, 0.05) is 18.2 Å². The van der Waals surface area contributed by atoms with Crippen LogP contribution in [0.2, 0.25) is 0 Å². The van der Waals surface area contributed by atoms with E-state index >= 15 is 0 Å². The molecule has 1 aromatic carbocycles. The molecular formula is C15H20N4O2S. The summed E-state index contributed by atoms with van der Waals surface area (Å²) in [7, 11) is 0. The van der Waals surface area contributed by atoms with Crippen LogP contribution in [0.3, 0.4) is 0 Å². The maximum atomic E-state index is 12.0. The molecule has 118 valence electrons. The molecule has 0 spiro atoms. The second-order valence-electron chi connectivity index (χ2n) is 5.24. The zero-order chi connectivity index (χ0) is 15.9. The number of benzene rings is 1. The van der Waals surface area contributed by atoms with Crippen molar-refractivity contribution in [2.24, 2.45) is 5.92 Å². The molecule has 0 radical (unpaired) electrons. The van der Waals surface area contributed by atoms with Gasteiger partial charge in [-0.05, 0) is 12.3 Å². The van der Waals surface area contributed by atoms with Gasteiger partial charge in [0.25, 0.3) is 0 Å². The van der Waals surface area contributed by atoms with Crippen molar-refractivity contribution in [3.8, 4) is 10.6 Å². The van der Waals surface area contributed by atoms with Crippen LogP contribution in [0.1, 0.15) is 20.3 Å². The number of aromatic nitrogens is 2. The van der Waals surface area contributed by atoms with Crippen LogP contribution in [0, 0.1) is 5.92 Å². The summed E-state index contributed by atoms with van der Waals surface area (Å²) in [5.74, 6) is 0.243. The first-order valence-corrected chi connectivity index (χ1v) is 7.99. The van der Waals surface area contributed by atoms with Crippen molar-refractivity contribution in [3.63, 3.8) is 0 Å². The Balaban J connectivity index is 1.96. The van der Waals surface area contributed by atoms with Gasteiger partial charge in [-0.1, -0.05) is 55.5 Å². The summed E-state index contributed by atoms with van der Waals surface area (Å²) in [6, 6.07) is 9.28. The number of carbonyl (C=O) groups is 1. The molecule has 7 heteroatoms. The van der Waals surface area contributed by atoms with Gasteiger partial charge in [-0.3, -0.25) is 5.32 Å². The van der Waals surface area contributed by atoms with Crippen LogP contribution in [0.4, 0.5) is 9.93 Å². The second kappa shape index (κ2) is 7.86. The van der Waals surface area contributed by atoms with Gasteiger partial charge in [-0.25, -0.2) is 4.79 Å². The SMILES string of the molecule is CC(C)C(CCO)NC(=O)Nc1nnc(-c2ccccc2)s1.